The first kappa shape index (κ1) is 21.4. The summed E-state index contributed by atoms with van der Waals surface area (Å²) in [6.45, 7) is 3.87. The van der Waals surface area contributed by atoms with Gasteiger partial charge in [0, 0.05) is 13.1 Å². The van der Waals surface area contributed by atoms with Gasteiger partial charge in [0.15, 0.2) is 0 Å². The fourth-order valence-corrected chi connectivity index (χ4v) is 3.02. The zero-order valence-electron chi connectivity index (χ0n) is 16.4. The molecule has 0 saturated carbocycles. The molecule has 0 saturated heterocycles. The molecule has 0 heterocycles. The number of para-hydroxylation sites is 2. The van der Waals surface area contributed by atoms with Gasteiger partial charge in [0.1, 0.15) is 0 Å². The lowest BCUT2D eigenvalue weighted by Gasteiger charge is -2.20. The molecule has 1 atom stereocenters. The third-order valence-corrected chi connectivity index (χ3v) is 5.59. The van der Waals surface area contributed by atoms with E-state index < -0.39 is 15.9 Å². The second kappa shape index (κ2) is 8.88. The van der Waals surface area contributed by atoms with E-state index in [-0.39, 0.29) is 23.2 Å². The summed E-state index contributed by atoms with van der Waals surface area (Å²) in [5.41, 5.74) is 1.13. The Morgan fingerprint density at radius 1 is 1.00 bits per heavy atom. The maximum atomic E-state index is 12.9. The molecule has 0 aliphatic heterocycles. The van der Waals surface area contributed by atoms with Crippen LogP contribution in [0.25, 0.3) is 0 Å². The Morgan fingerprint density at radius 2 is 1.57 bits per heavy atom. The van der Waals surface area contributed by atoms with Gasteiger partial charge in [-0.25, -0.2) is 8.42 Å². The molecule has 0 aliphatic carbocycles. The van der Waals surface area contributed by atoms with Crippen LogP contribution >= 0.6 is 0 Å². The summed E-state index contributed by atoms with van der Waals surface area (Å²) in [6, 6.07) is 13.1. The number of carbonyl (C=O) groups is 2. The van der Waals surface area contributed by atoms with Gasteiger partial charge in [-0.1, -0.05) is 31.2 Å². The van der Waals surface area contributed by atoms with E-state index >= 15 is 0 Å². The normalized spacial score (nSPS) is 12.1. The lowest BCUT2D eigenvalue weighted by atomic mass is 10.1. The maximum Gasteiger partial charge on any atom is 0.257 e. The third kappa shape index (κ3) is 5.10. The molecule has 2 aromatic rings. The molecule has 28 heavy (non-hydrogen) atoms. The van der Waals surface area contributed by atoms with E-state index in [4.69, 9.17) is 0 Å². The minimum atomic E-state index is -3.53. The molecule has 7 nitrogen and oxygen atoms in total. The SMILES string of the molecule is CC[C@@H](C)NC(=O)c1ccccc1NC(=O)c1ccccc1N(C)S(C)(=O)=O. The number of benzene rings is 2. The zero-order valence-corrected chi connectivity index (χ0v) is 17.2. The molecule has 8 heteroatoms. The third-order valence-electron chi connectivity index (χ3n) is 4.40. The van der Waals surface area contributed by atoms with Crippen molar-refractivity contribution < 1.29 is 18.0 Å². The van der Waals surface area contributed by atoms with Crippen molar-refractivity contribution in [3.8, 4) is 0 Å². The summed E-state index contributed by atoms with van der Waals surface area (Å²) in [5, 5.41) is 5.60. The minimum Gasteiger partial charge on any atom is -0.350 e. The topological polar surface area (TPSA) is 95.6 Å². The molecule has 0 bridgehead atoms. The molecule has 0 fully saturated rings. The predicted molar refractivity (Wildman–Crippen MR) is 111 cm³/mol. The zero-order chi connectivity index (χ0) is 20.9. The molecule has 2 aromatic carbocycles. The second-order valence-corrected chi connectivity index (χ2v) is 8.54. The Balaban J connectivity index is 2.34. The van der Waals surface area contributed by atoms with Crippen molar-refractivity contribution in [3.63, 3.8) is 0 Å². The first-order valence-electron chi connectivity index (χ1n) is 8.89. The Labute approximate surface area is 165 Å². The van der Waals surface area contributed by atoms with Crippen molar-refractivity contribution in [3.05, 3.63) is 59.7 Å². The number of sulfonamides is 1. The van der Waals surface area contributed by atoms with Crippen molar-refractivity contribution in [1.82, 2.24) is 5.32 Å². The predicted octanol–water partition coefficient (Wildman–Crippen LogP) is 2.86. The molecule has 2 rings (SSSR count). The van der Waals surface area contributed by atoms with Gasteiger partial charge in [-0.15, -0.1) is 0 Å². The number of hydrogen-bond donors (Lipinski definition) is 2. The molecule has 0 unspecified atom stereocenters. The van der Waals surface area contributed by atoms with Gasteiger partial charge in [-0.3, -0.25) is 13.9 Å². The van der Waals surface area contributed by atoms with Crippen LogP contribution in [0.3, 0.4) is 0 Å². The van der Waals surface area contributed by atoms with Crippen LogP contribution in [0.5, 0.6) is 0 Å². The molecule has 0 aliphatic rings. The highest BCUT2D eigenvalue weighted by molar-refractivity contribution is 7.92. The average Bonchev–Trinajstić information content (AvgIpc) is 2.66. The smallest absolute Gasteiger partial charge is 0.257 e. The van der Waals surface area contributed by atoms with Crippen molar-refractivity contribution in [2.24, 2.45) is 0 Å². The summed E-state index contributed by atoms with van der Waals surface area (Å²) in [5.74, 6) is -0.790. The summed E-state index contributed by atoms with van der Waals surface area (Å²) in [7, 11) is -2.15. The van der Waals surface area contributed by atoms with Crippen LogP contribution in [0.4, 0.5) is 11.4 Å². The molecule has 0 spiro atoms. The van der Waals surface area contributed by atoms with Crippen LogP contribution < -0.4 is 14.9 Å². The Bertz CT molecular complexity index is 973. The van der Waals surface area contributed by atoms with Gasteiger partial charge in [-0.2, -0.15) is 0 Å². The fraction of sp³-hybridized carbons (Fsp3) is 0.300. The number of carbonyl (C=O) groups excluding carboxylic acids is 2. The number of amides is 2. The maximum absolute atomic E-state index is 12.9. The highest BCUT2D eigenvalue weighted by atomic mass is 32.2. The van der Waals surface area contributed by atoms with Crippen molar-refractivity contribution >= 4 is 33.2 Å². The molecular weight excluding hydrogens is 378 g/mol. The van der Waals surface area contributed by atoms with Gasteiger partial charge in [0.2, 0.25) is 10.0 Å². The summed E-state index contributed by atoms with van der Waals surface area (Å²) in [4.78, 5) is 25.4. The molecule has 150 valence electrons. The van der Waals surface area contributed by atoms with Crippen LogP contribution in [0.1, 0.15) is 41.0 Å². The minimum absolute atomic E-state index is 0.000365. The van der Waals surface area contributed by atoms with Gasteiger partial charge >= 0.3 is 0 Å². The van der Waals surface area contributed by atoms with Gasteiger partial charge in [0.05, 0.1) is 28.8 Å². The largest absolute Gasteiger partial charge is 0.350 e. The van der Waals surface area contributed by atoms with Crippen LogP contribution in [0, 0.1) is 0 Å². The molecular formula is C20H25N3O4S. The second-order valence-electron chi connectivity index (χ2n) is 6.53. The lowest BCUT2D eigenvalue weighted by molar-refractivity contribution is 0.0940. The first-order valence-corrected chi connectivity index (χ1v) is 10.7. The van der Waals surface area contributed by atoms with Crippen molar-refractivity contribution in [2.75, 3.05) is 22.9 Å². The summed E-state index contributed by atoms with van der Waals surface area (Å²) < 4.78 is 24.8. The number of rotatable bonds is 7. The van der Waals surface area contributed by atoms with E-state index in [2.05, 4.69) is 10.6 Å². The molecule has 0 radical (unpaired) electrons. The van der Waals surface area contributed by atoms with Gasteiger partial charge < -0.3 is 10.6 Å². The van der Waals surface area contributed by atoms with Crippen LogP contribution in [-0.4, -0.2) is 39.6 Å². The average molecular weight is 404 g/mol. The Kier molecular flexibility index (Phi) is 6.80. The van der Waals surface area contributed by atoms with E-state index in [1.807, 2.05) is 13.8 Å². The molecule has 2 N–H and O–H groups in total. The summed E-state index contributed by atoms with van der Waals surface area (Å²) >= 11 is 0. The monoisotopic (exact) mass is 403 g/mol. The first-order chi connectivity index (χ1) is 13.1. The Hall–Kier alpha value is -2.87. The lowest BCUT2D eigenvalue weighted by Crippen LogP contribution is -2.32. The molecule has 0 aromatic heterocycles. The quantitative estimate of drug-likeness (QED) is 0.743. The van der Waals surface area contributed by atoms with E-state index in [1.165, 1.54) is 13.1 Å². The van der Waals surface area contributed by atoms with E-state index in [1.54, 1.807) is 42.5 Å². The van der Waals surface area contributed by atoms with Crippen LogP contribution in [0.15, 0.2) is 48.5 Å². The van der Waals surface area contributed by atoms with Crippen molar-refractivity contribution in [2.45, 2.75) is 26.3 Å². The van der Waals surface area contributed by atoms with Gasteiger partial charge in [0.25, 0.3) is 11.8 Å². The van der Waals surface area contributed by atoms with E-state index in [0.717, 1.165) is 17.0 Å². The number of nitrogens with zero attached hydrogens (tertiary/aromatic N) is 1. The highest BCUT2D eigenvalue weighted by Crippen LogP contribution is 2.23. The number of nitrogens with one attached hydrogen (secondary N) is 2. The number of anilines is 2. The van der Waals surface area contributed by atoms with E-state index in [0.29, 0.717) is 11.3 Å². The standard InChI is InChI=1S/C20H25N3O4S/c1-5-14(2)21-19(24)15-10-6-8-12-17(15)22-20(25)16-11-7-9-13-18(16)23(3)28(4,26)27/h6-14H,5H2,1-4H3,(H,21,24)(H,22,25)/t14-/m1/s1. The Morgan fingerprint density at radius 3 is 2.18 bits per heavy atom. The fourth-order valence-electron chi connectivity index (χ4n) is 2.50. The highest BCUT2D eigenvalue weighted by Gasteiger charge is 2.21. The summed E-state index contributed by atoms with van der Waals surface area (Å²) in [6.07, 6.45) is 1.85. The van der Waals surface area contributed by atoms with Gasteiger partial charge in [-0.05, 0) is 37.6 Å². The van der Waals surface area contributed by atoms with Crippen LogP contribution in [-0.2, 0) is 10.0 Å². The van der Waals surface area contributed by atoms with E-state index in [9.17, 15) is 18.0 Å². The number of hydrogen-bond acceptors (Lipinski definition) is 4. The van der Waals surface area contributed by atoms with Crippen molar-refractivity contribution in [1.29, 1.82) is 0 Å². The molecule has 2 amide bonds. The van der Waals surface area contributed by atoms with Crippen LogP contribution in [0.2, 0.25) is 0 Å².